The van der Waals surface area contributed by atoms with Gasteiger partial charge in [0.1, 0.15) is 6.04 Å². The summed E-state index contributed by atoms with van der Waals surface area (Å²) in [7, 11) is 0. The van der Waals surface area contributed by atoms with E-state index in [0.717, 1.165) is 43.2 Å². The average Bonchev–Trinajstić information content (AvgIpc) is 3.18. The van der Waals surface area contributed by atoms with Gasteiger partial charge in [-0.15, -0.1) is 22.7 Å². The molecule has 2 amide bonds. The number of aromatic nitrogens is 1. The second-order valence-electron chi connectivity index (χ2n) is 9.59. The summed E-state index contributed by atoms with van der Waals surface area (Å²) < 4.78 is 0.580. The van der Waals surface area contributed by atoms with E-state index in [1.54, 1.807) is 23.5 Å². The third-order valence-corrected chi connectivity index (χ3v) is 9.40. The molecule has 1 aromatic carbocycles. The third kappa shape index (κ3) is 4.35. The number of rotatable bonds is 7. The fourth-order valence-corrected chi connectivity index (χ4v) is 6.79. The molecule has 2 saturated heterocycles. The van der Waals surface area contributed by atoms with Crippen molar-refractivity contribution in [2.75, 3.05) is 30.0 Å². The van der Waals surface area contributed by atoms with Crippen LogP contribution in [-0.2, 0) is 10.2 Å². The van der Waals surface area contributed by atoms with Crippen LogP contribution in [0.5, 0.6) is 0 Å². The van der Waals surface area contributed by atoms with Gasteiger partial charge in [-0.1, -0.05) is 23.7 Å². The SMILES string of the molecule is Cc1cnc(NCC2(c3ccc(N4CN5CC[C@@H](NC(=O)c6ccc(Cl)s6)[C@H]5C4=O)cc3)CC2)s1. The molecule has 182 valence electrons. The number of benzene rings is 1. The van der Waals surface area contributed by atoms with E-state index in [9.17, 15) is 9.59 Å². The molecule has 2 N–H and O–H groups in total. The number of thiophene rings is 1. The molecule has 6 rings (SSSR count). The van der Waals surface area contributed by atoms with Crippen LogP contribution in [0.1, 0.15) is 39.4 Å². The maximum Gasteiger partial charge on any atom is 0.261 e. The Morgan fingerprint density at radius 1 is 1.20 bits per heavy atom. The minimum absolute atomic E-state index is 0.0479. The van der Waals surface area contributed by atoms with Crippen LogP contribution in [0.3, 0.4) is 0 Å². The number of fused-ring (bicyclic) bond motifs is 1. The van der Waals surface area contributed by atoms with Crippen LogP contribution in [0.15, 0.2) is 42.6 Å². The molecule has 0 radical (unpaired) electrons. The van der Waals surface area contributed by atoms with E-state index in [0.29, 0.717) is 15.9 Å². The van der Waals surface area contributed by atoms with Crippen molar-refractivity contribution in [3.8, 4) is 0 Å². The molecule has 1 aliphatic carbocycles. The first-order valence-corrected chi connectivity index (χ1v) is 13.8. The van der Waals surface area contributed by atoms with Crippen molar-refractivity contribution in [1.29, 1.82) is 0 Å². The Hall–Kier alpha value is -2.46. The summed E-state index contributed by atoms with van der Waals surface area (Å²) in [6.07, 6.45) is 4.97. The van der Waals surface area contributed by atoms with Gasteiger partial charge in [-0.3, -0.25) is 19.4 Å². The standard InChI is InChI=1S/C25H26ClN5O2S2/c1-15-12-27-24(34-15)28-13-25(9-10-25)16-2-4-17(5-3-16)31-14-30-11-8-18(21(30)23(31)33)29-22(32)19-6-7-20(26)35-19/h2-7,12,18,21H,8-11,13-14H2,1H3,(H,27,28)(H,29,32)/t18-,21+/m1/s1. The summed E-state index contributed by atoms with van der Waals surface area (Å²) in [6.45, 7) is 4.27. The Labute approximate surface area is 217 Å². The van der Waals surface area contributed by atoms with E-state index in [4.69, 9.17) is 11.6 Å². The van der Waals surface area contributed by atoms with Crippen LogP contribution in [0.4, 0.5) is 10.8 Å². The number of carbonyl (C=O) groups excluding carboxylic acids is 2. The minimum Gasteiger partial charge on any atom is -0.361 e. The van der Waals surface area contributed by atoms with Crippen LogP contribution in [-0.4, -0.2) is 53.5 Å². The van der Waals surface area contributed by atoms with Crippen molar-refractivity contribution >= 4 is 56.9 Å². The van der Waals surface area contributed by atoms with Crippen molar-refractivity contribution in [3.05, 3.63) is 62.2 Å². The number of amides is 2. The van der Waals surface area contributed by atoms with Gasteiger partial charge >= 0.3 is 0 Å². The topological polar surface area (TPSA) is 77.6 Å². The second kappa shape index (κ2) is 8.89. The lowest BCUT2D eigenvalue weighted by molar-refractivity contribution is -0.119. The van der Waals surface area contributed by atoms with Gasteiger partial charge in [0.15, 0.2) is 5.13 Å². The number of nitrogens with one attached hydrogen (secondary N) is 2. The summed E-state index contributed by atoms with van der Waals surface area (Å²) in [4.78, 5) is 36.2. The Morgan fingerprint density at radius 3 is 2.66 bits per heavy atom. The highest BCUT2D eigenvalue weighted by atomic mass is 35.5. The fourth-order valence-electron chi connectivity index (χ4n) is 5.18. The highest BCUT2D eigenvalue weighted by Crippen LogP contribution is 2.48. The fraction of sp³-hybridized carbons (Fsp3) is 0.400. The number of aryl methyl sites for hydroxylation is 1. The summed E-state index contributed by atoms with van der Waals surface area (Å²) in [5.74, 6) is -0.118. The highest BCUT2D eigenvalue weighted by Gasteiger charge is 2.48. The van der Waals surface area contributed by atoms with Crippen molar-refractivity contribution < 1.29 is 9.59 Å². The number of halogens is 1. The zero-order chi connectivity index (χ0) is 24.2. The van der Waals surface area contributed by atoms with Gasteiger partial charge in [-0.2, -0.15) is 0 Å². The smallest absolute Gasteiger partial charge is 0.261 e. The van der Waals surface area contributed by atoms with E-state index < -0.39 is 0 Å². The molecule has 4 heterocycles. The molecule has 2 aromatic heterocycles. The highest BCUT2D eigenvalue weighted by molar-refractivity contribution is 7.18. The summed E-state index contributed by atoms with van der Waals surface area (Å²) >= 11 is 8.90. The lowest BCUT2D eigenvalue weighted by atomic mass is 9.95. The van der Waals surface area contributed by atoms with E-state index in [-0.39, 0.29) is 29.3 Å². The maximum atomic E-state index is 13.4. The van der Waals surface area contributed by atoms with Gasteiger partial charge in [0.2, 0.25) is 5.91 Å². The predicted octanol–water partition coefficient (Wildman–Crippen LogP) is 4.49. The Bertz CT molecular complexity index is 1270. The number of hydrogen-bond donors (Lipinski definition) is 2. The molecule has 0 spiro atoms. The molecule has 0 unspecified atom stereocenters. The molecule has 3 fully saturated rings. The number of hydrogen-bond acceptors (Lipinski definition) is 7. The summed E-state index contributed by atoms with van der Waals surface area (Å²) in [5, 5.41) is 7.53. The molecule has 1 saturated carbocycles. The van der Waals surface area contributed by atoms with E-state index in [1.807, 2.05) is 11.1 Å². The van der Waals surface area contributed by atoms with Crippen LogP contribution >= 0.6 is 34.3 Å². The van der Waals surface area contributed by atoms with Crippen LogP contribution in [0, 0.1) is 6.92 Å². The molecule has 2 atom stereocenters. The summed E-state index contributed by atoms with van der Waals surface area (Å²) in [6, 6.07) is 11.4. The number of thiazole rings is 1. The molecule has 2 aliphatic heterocycles. The minimum atomic E-state index is -0.324. The normalized spacial score (nSPS) is 22.9. The lowest BCUT2D eigenvalue weighted by Crippen LogP contribution is -2.46. The zero-order valence-corrected chi connectivity index (χ0v) is 21.7. The van der Waals surface area contributed by atoms with Crippen LogP contribution in [0.2, 0.25) is 4.34 Å². The van der Waals surface area contributed by atoms with Gasteiger partial charge < -0.3 is 10.6 Å². The van der Waals surface area contributed by atoms with E-state index >= 15 is 0 Å². The molecule has 10 heteroatoms. The van der Waals surface area contributed by atoms with Crippen molar-refractivity contribution in [2.45, 2.75) is 43.7 Å². The van der Waals surface area contributed by atoms with E-state index in [2.05, 4.69) is 51.7 Å². The van der Waals surface area contributed by atoms with Gasteiger partial charge in [0.05, 0.1) is 21.9 Å². The van der Waals surface area contributed by atoms with Crippen LogP contribution in [0.25, 0.3) is 0 Å². The van der Waals surface area contributed by atoms with Crippen molar-refractivity contribution in [3.63, 3.8) is 0 Å². The van der Waals surface area contributed by atoms with E-state index in [1.165, 1.54) is 21.8 Å². The first-order valence-electron chi connectivity index (χ1n) is 11.8. The maximum absolute atomic E-state index is 13.4. The first-order chi connectivity index (χ1) is 16.9. The molecule has 35 heavy (non-hydrogen) atoms. The number of nitrogens with zero attached hydrogens (tertiary/aromatic N) is 3. The molecular formula is C25H26ClN5O2S2. The average molecular weight is 528 g/mol. The molecule has 3 aromatic rings. The van der Waals surface area contributed by atoms with Crippen molar-refractivity contribution in [1.82, 2.24) is 15.2 Å². The predicted molar refractivity (Wildman–Crippen MR) is 141 cm³/mol. The Morgan fingerprint density at radius 2 is 2.00 bits per heavy atom. The summed E-state index contributed by atoms with van der Waals surface area (Å²) in [5.41, 5.74) is 2.35. The largest absolute Gasteiger partial charge is 0.361 e. The molecule has 7 nitrogen and oxygen atoms in total. The monoisotopic (exact) mass is 527 g/mol. The molecule has 0 bridgehead atoms. The van der Waals surface area contributed by atoms with Gasteiger partial charge in [-0.05, 0) is 56.0 Å². The second-order valence-corrected chi connectivity index (χ2v) is 12.5. The van der Waals surface area contributed by atoms with Gasteiger partial charge in [-0.25, -0.2) is 4.98 Å². The number of anilines is 2. The first kappa shape index (κ1) is 23.0. The quantitative estimate of drug-likeness (QED) is 0.473. The molecular weight excluding hydrogens is 502 g/mol. The van der Waals surface area contributed by atoms with Crippen molar-refractivity contribution in [2.24, 2.45) is 0 Å². The Kier molecular flexibility index (Phi) is 5.83. The lowest BCUT2D eigenvalue weighted by Gasteiger charge is -2.21. The number of carbonyl (C=O) groups is 2. The van der Waals surface area contributed by atoms with Gasteiger partial charge in [0, 0.05) is 35.3 Å². The van der Waals surface area contributed by atoms with Crippen LogP contribution < -0.4 is 15.5 Å². The van der Waals surface area contributed by atoms with Gasteiger partial charge in [0.25, 0.3) is 5.91 Å². The zero-order valence-electron chi connectivity index (χ0n) is 19.3. The third-order valence-electron chi connectivity index (χ3n) is 7.30. The Balaban J connectivity index is 1.11. The molecule has 3 aliphatic rings.